The summed E-state index contributed by atoms with van der Waals surface area (Å²) >= 11 is 0. The van der Waals surface area contributed by atoms with E-state index in [1.165, 1.54) is 0 Å². The second kappa shape index (κ2) is 9.04. The van der Waals surface area contributed by atoms with Crippen LogP contribution in [0.15, 0.2) is 84.9 Å². The zero-order chi connectivity index (χ0) is 19.1. The molecule has 0 radical (unpaired) electrons. The highest BCUT2D eigenvalue weighted by molar-refractivity contribution is 5.78. The van der Waals surface area contributed by atoms with Crippen molar-refractivity contribution in [1.29, 1.82) is 0 Å². The SMILES string of the molecule is COc1ccc(C(C)NC(=O)CC(c2ccccc2)c2ccccc2)cc1. The van der Waals surface area contributed by atoms with Gasteiger partial charge in [0, 0.05) is 12.3 Å². The third-order valence-electron chi connectivity index (χ3n) is 4.79. The van der Waals surface area contributed by atoms with E-state index in [9.17, 15) is 4.79 Å². The first-order chi connectivity index (χ1) is 13.2. The molecule has 1 atom stereocenters. The molecule has 1 amide bonds. The molecule has 0 aliphatic heterocycles. The maximum absolute atomic E-state index is 12.8. The lowest BCUT2D eigenvalue weighted by atomic mass is 9.88. The summed E-state index contributed by atoms with van der Waals surface area (Å²) in [6.45, 7) is 2.00. The van der Waals surface area contributed by atoms with Crippen LogP contribution in [0.3, 0.4) is 0 Å². The molecule has 3 heteroatoms. The van der Waals surface area contributed by atoms with Crippen molar-refractivity contribution in [3.8, 4) is 5.75 Å². The minimum atomic E-state index is -0.0596. The second-order valence-corrected chi connectivity index (χ2v) is 6.64. The minimum absolute atomic E-state index is 0.0375. The van der Waals surface area contributed by atoms with Gasteiger partial charge in [-0.3, -0.25) is 4.79 Å². The van der Waals surface area contributed by atoms with Crippen LogP contribution in [0.2, 0.25) is 0 Å². The molecule has 3 nitrogen and oxygen atoms in total. The normalized spacial score (nSPS) is 11.8. The van der Waals surface area contributed by atoms with E-state index in [-0.39, 0.29) is 17.9 Å². The first-order valence-electron chi connectivity index (χ1n) is 9.20. The quantitative estimate of drug-likeness (QED) is 0.638. The minimum Gasteiger partial charge on any atom is -0.497 e. The average Bonchev–Trinajstić information content (AvgIpc) is 2.73. The van der Waals surface area contributed by atoms with Crippen molar-refractivity contribution in [2.45, 2.75) is 25.3 Å². The Kier molecular flexibility index (Phi) is 6.26. The Labute approximate surface area is 161 Å². The average molecular weight is 359 g/mol. The monoisotopic (exact) mass is 359 g/mol. The summed E-state index contributed by atoms with van der Waals surface area (Å²) in [5.41, 5.74) is 3.35. The van der Waals surface area contributed by atoms with E-state index in [4.69, 9.17) is 4.74 Å². The standard InChI is InChI=1S/C24H25NO2/c1-18(19-13-15-22(27-2)16-14-19)25-24(26)17-23(20-9-5-3-6-10-20)21-11-7-4-8-12-21/h3-16,18,23H,17H2,1-2H3,(H,25,26). The highest BCUT2D eigenvalue weighted by atomic mass is 16.5. The molecule has 0 aromatic heterocycles. The van der Waals surface area contributed by atoms with Gasteiger partial charge < -0.3 is 10.1 Å². The number of methoxy groups -OCH3 is 1. The lowest BCUT2D eigenvalue weighted by Crippen LogP contribution is -2.28. The van der Waals surface area contributed by atoms with Crippen LogP contribution in [-0.4, -0.2) is 13.0 Å². The largest absolute Gasteiger partial charge is 0.497 e. The van der Waals surface area contributed by atoms with Gasteiger partial charge in [-0.2, -0.15) is 0 Å². The predicted molar refractivity (Wildman–Crippen MR) is 109 cm³/mol. The number of nitrogens with one attached hydrogen (secondary N) is 1. The number of ether oxygens (including phenoxy) is 1. The van der Waals surface area contributed by atoms with Crippen molar-refractivity contribution in [2.24, 2.45) is 0 Å². The van der Waals surface area contributed by atoms with Crippen LogP contribution in [-0.2, 0) is 4.79 Å². The lowest BCUT2D eigenvalue weighted by Gasteiger charge is -2.20. The van der Waals surface area contributed by atoms with Gasteiger partial charge in [0.1, 0.15) is 5.75 Å². The Hall–Kier alpha value is -3.07. The van der Waals surface area contributed by atoms with Gasteiger partial charge in [0.05, 0.1) is 13.2 Å². The van der Waals surface area contributed by atoms with E-state index >= 15 is 0 Å². The molecule has 3 aromatic carbocycles. The molecule has 1 N–H and O–H groups in total. The summed E-state index contributed by atoms with van der Waals surface area (Å²) in [5, 5.41) is 3.12. The Bertz CT molecular complexity index is 805. The maximum atomic E-state index is 12.8. The first-order valence-corrected chi connectivity index (χ1v) is 9.20. The van der Waals surface area contributed by atoms with Crippen molar-refractivity contribution in [3.05, 3.63) is 102 Å². The molecule has 0 fully saturated rings. The Balaban J connectivity index is 1.72. The van der Waals surface area contributed by atoms with Crippen molar-refractivity contribution < 1.29 is 9.53 Å². The van der Waals surface area contributed by atoms with E-state index in [1.807, 2.05) is 67.6 Å². The second-order valence-electron chi connectivity index (χ2n) is 6.64. The topological polar surface area (TPSA) is 38.3 Å². The smallest absolute Gasteiger partial charge is 0.221 e. The van der Waals surface area contributed by atoms with E-state index < -0.39 is 0 Å². The Morgan fingerprint density at radius 1 is 0.815 bits per heavy atom. The number of hydrogen-bond donors (Lipinski definition) is 1. The van der Waals surface area contributed by atoms with E-state index in [0.29, 0.717) is 6.42 Å². The van der Waals surface area contributed by atoms with Crippen LogP contribution in [0.25, 0.3) is 0 Å². The number of rotatable bonds is 7. The number of carbonyl (C=O) groups excluding carboxylic acids is 1. The zero-order valence-electron chi connectivity index (χ0n) is 15.8. The lowest BCUT2D eigenvalue weighted by molar-refractivity contribution is -0.121. The molecule has 0 saturated carbocycles. The molecule has 0 heterocycles. The summed E-state index contributed by atoms with van der Waals surface area (Å²) in [6, 6.07) is 28.1. The van der Waals surface area contributed by atoms with Crippen LogP contribution in [0, 0.1) is 0 Å². The Morgan fingerprint density at radius 3 is 1.81 bits per heavy atom. The van der Waals surface area contributed by atoms with Crippen LogP contribution >= 0.6 is 0 Å². The molecule has 0 aliphatic carbocycles. The summed E-state index contributed by atoms with van der Waals surface area (Å²) < 4.78 is 5.19. The van der Waals surface area contributed by atoms with Gasteiger partial charge in [0.15, 0.2) is 0 Å². The van der Waals surface area contributed by atoms with Crippen LogP contribution < -0.4 is 10.1 Å². The molecule has 0 saturated heterocycles. The van der Waals surface area contributed by atoms with Crippen molar-refractivity contribution in [3.63, 3.8) is 0 Å². The molecule has 3 aromatic rings. The molecular weight excluding hydrogens is 334 g/mol. The highest BCUT2D eigenvalue weighted by Gasteiger charge is 2.19. The van der Waals surface area contributed by atoms with E-state index in [2.05, 4.69) is 29.6 Å². The van der Waals surface area contributed by atoms with Gasteiger partial charge in [-0.1, -0.05) is 72.8 Å². The number of benzene rings is 3. The third kappa shape index (κ3) is 4.98. The van der Waals surface area contributed by atoms with Crippen molar-refractivity contribution >= 4 is 5.91 Å². The van der Waals surface area contributed by atoms with Gasteiger partial charge in [0.25, 0.3) is 0 Å². The summed E-state index contributed by atoms with van der Waals surface area (Å²) in [6.07, 6.45) is 0.411. The highest BCUT2D eigenvalue weighted by Crippen LogP contribution is 2.28. The van der Waals surface area contributed by atoms with Gasteiger partial charge in [-0.05, 0) is 35.7 Å². The van der Waals surface area contributed by atoms with Gasteiger partial charge >= 0.3 is 0 Å². The Morgan fingerprint density at radius 2 is 1.33 bits per heavy atom. The fourth-order valence-corrected chi connectivity index (χ4v) is 3.26. The molecule has 27 heavy (non-hydrogen) atoms. The molecule has 0 aliphatic rings. The van der Waals surface area contributed by atoms with Crippen molar-refractivity contribution in [2.75, 3.05) is 7.11 Å². The molecule has 1 unspecified atom stereocenters. The van der Waals surface area contributed by atoms with Gasteiger partial charge in [0.2, 0.25) is 5.91 Å². The molecular formula is C24H25NO2. The first kappa shape index (κ1) is 18.7. The maximum Gasteiger partial charge on any atom is 0.221 e. The summed E-state index contributed by atoms with van der Waals surface area (Å²) in [7, 11) is 1.65. The molecule has 0 bridgehead atoms. The van der Waals surface area contributed by atoms with Crippen molar-refractivity contribution in [1.82, 2.24) is 5.32 Å². The summed E-state index contributed by atoms with van der Waals surface area (Å²) in [5.74, 6) is 0.886. The van der Waals surface area contributed by atoms with E-state index in [1.54, 1.807) is 7.11 Å². The molecule has 3 rings (SSSR count). The number of hydrogen-bond acceptors (Lipinski definition) is 2. The molecule has 0 spiro atoms. The zero-order valence-corrected chi connectivity index (χ0v) is 15.8. The van der Waals surface area contributed by atoms with Crippen LogP contribution in [0.5, 0.6) is 5.75 Å². The van der Waals surface area contributed by atoms with Crippen LogP contribution in [0.1, 0.15) is 42.0 Å². The fraction of sp³-hybridized carbons (Fsp3) is 0.208. The molecule has 138 valence electrons. The summed E-state index contributed by atoms with van der Waals surface area (Å²) in [4.78, 5) is 12.8. The third-order valence-corrected chi connectivity index (χ3v) is 4.79. The van der Waals surface area contributed by atoms with E-state index in [0.717, 1.165) is 22.4 Å². The number of carbonyl (C=O) groups is 1. The number of amides is 1. The van der Waals surface area contributed by atoms with Gasteiger partial charge in [-0.15, -0.1) is 0 Å². The predicted octanol–water partition coefficient (Wildman–Crippen LogP) is 5.09. The van der Waals surface area contributed by atoms with Gasteiger partial charge in [-0.25, -0.2) is 0 Å². The fourth-order valence-electron chi connectivity index (χ4n) is 3.26. The van der Waals surface area contributed by atoms with Crippen LogP contribution in [0.4, 0.5) is 0 Å².